The minimum Gasteiger partial charge on any atom is -0.434 e. The lowest BCUT2D eigenvalue weighted by Gasteiger charge is -2.22. The Labute approximate surface area is 124 Å². The van der Waals surface area contributed by atoms with Crippen molar-refractivity contribution < 1.29 is 4.74 Å². The Morgan fingerprint density at radius 1 is 1.19 bits per heavy atom. The van der Waals surface area contributed by atoms with Crippen molar-refractivity contribution in [2.45, 2.75) is 40.2 Å². The Balaban J connectivity index is 2.46. The third-order valence-electron chi connectivity index (χ3n) is 3.30. The maximum Gasteiger partial charge on any atom is 0.314 e. The number of benzene rings is 1. The molecule has 21 heavy (non-hydrogen) atoms. The van der Waals surface area contributed by atoms with Crippen LogP contribution in [-0.2, 0) is 5.54 Å². The second-order valence-electron chi connectivity index (χ2n) is 6.15. The first kappa shape index (κ1) is 15.1. The molecule has 2 N–H and O–H groups in total. The normalized spacial score (nSPS) is 11.5. The van der Waals surface area contributed by atoms with Crippen LogP contribution in [-0.4, -0.2) is 9.55 Å². The van der Waals surface area contributed by atoms with Gasteiger partial charge in [-0.2, -0.15) is 0 Å². The maximum atomic E-state index is 12.4. The van der Waals surface area contributed by atoms with E-state index in [1.54, 1.807) is 23.0 Å². The number of aryl methyl sites for hydroxylation is 2. The van der Waals surface area contributed by atoms with Gasteiger partial charge in [0.1, 0.15) is 5.75 Å². The van der Waals surface area contributed by atoms with Crippen molar-refractivity contribution >= 4 is 5.69 Å². The molecule has 0 spiro atoms. The van der Waals surface area contributed by atoms with E-state index in [1.165, 1.54) is 0 Å². The smallest absolute Gasteiger partial charge is 0.314 e. The van der Waals surface area contributed by atoms with E-state index in [9.17, 15) is 4.79 Å². The van der Waals surface area contributed by atoms with Crippen molar-refractivity contribution in [3.05, 3.63) is 46.0 Å². The summed E-state index contributed by atoms with van der Waals surface area (Å²) in [5, 5.41) is 0. The Bertz CT molecular complexity index is 727. The molecule has 0 amide bonds. The number of nitrogens with two attached hydrogens (primary N) is 1. The van der Waals surface area contributed by atoms with Gasteiger partial charge in [0.15, 0.2) is 0 Å². The molecule has 0 saturated heterocycles. The first-order valence-electron chi connectivity index (χ1n) is 6.83. The third-order valence-corrected chi connectivity index (χ3v) is 3.30. The highest BCUT2D eigenvalue weighted by Gasteiger charge is 2.18. The van der Waals surface area contributed by atoms with Crippen molar-refractivity contribution in [1.29, 1.82) is 0 Å². The van der Waals surface area contributed by atoms with Gasteiger partial charge in [-0.3, -0.25) is 4.79 Å². The van der Waals surface area contributed by atoms with Crippen LogP contribution in [0.4, 0.5) is 5.69 Å². The first-order chi connectivity index (χ1) is 9.70. The molecule has 5 nitrogen and oxygen atoms in total. The van der Waals surface area contributed by atoms with E-state index in [2.05, 4.69) is 4.98 Å². The van der Waals surface area contributed by atoms with Crippen molar-refractivity contribution in [1.82, 2.24) is 9.55 Å². The molecule has 2 aromatic rings. The molecule has 0 aliphatic rings. The summed E-state index contributed by atoms with van der Waals surface area (Å²) in [6, 6.07) is 3.65. The lowest BCUT2D eigenvalue weighted by Crippen LogP contribution is -2.34. The summed E-state index contributed by atoms with van der Waals surface area (Å²) >= 11 is 0. The second kappa shape index (κ2) is 5.24. The molecular weight excluding hydrogens is 266 g/mol. The van der Waals surface area contributed by atoms with Gasteiger partial charge in [-0.25, -0.2) is 4.98 Å². The standard InChI is InChI=1S/C16H21N3O2/c1-10-8-11(2)13(9-12(10)17)21-14-15(20)19(7-6-18-14)16(3,4)5/h6-9H,17H2,1-5H3. The van der Waals surface area contributed by atoms with Crippen LogP contribution in [0.15, 0.2) is 29.3 Å². The van der Waals surface area contributed by atoms with E-state index in [0.717, 1.165) is 11.1 Å². The number of rotatable bonds is 2. The van der Waals surface area contributed by atoms with Gasteiger partial charge in [0.25, 0.3) is 5.88 Å². The number of anilines is 1. The second-order valence-corrected chi connectivity index (χ2v) is 6.15. The van der Waals surface area contributed by atoms with E-state index in [-0.39, 0.29) is 17.0 Å². The SMILES string of the molecule is Cc1cc(C)c(Oc2nccn(C(C)(C)C)c2=O)cc1N. The van der Waals surface area contributed by atoms with Gasteiger partial charge in [0.05, 0.1) is 0 Å². The summed E-state index contributed by atoms with van der Waals surface area (Å²) in [5.74, 6) is 0.605. The molecule has 2 rings (SSSR count). The average Bonchev–Trinajstić information content (AvgIpc) is 2.36. The number of aromatic nitrogens is 2. The van der Waals surface area contributed by atoms with Crippen LogP contribution >= 0.6 is 0 Å². The van der Waals surface area contributed by atoms with E-state index in [4.69, 9.17) is 10.5 Å². The Morgan fingerprint density at radius 2 is 1.86 bits per heavy atom. The first-order valence-corrected chi connectivity index (χ1v) is 6.83. The van der Waals surface area contributed by atoms with Crippen LogP contribution < -0.4 is 16.0 Å². The molecule has 0 saturated carbocycles. The summed E-state index contributed by atoms with van der Waals surface area (Å²) in [5.41, 5.74) is 7.82. The quantitative estimate of drug-likeness (QED) is 0.862. The molecule has 0 unspecified atom stereocenters. The summed E-state index contributed by atoms with van der Waals surface area (Å²) in [7, 11) is 0. The molecule has 0 aliphatic carbocycles. The molecule has 0 radical (unpaired) electrons. The Hall–Kier alpha value is -2.30. The molecule has 0 fully saturated rings. The van der Waals surface area contributed by atoms with Gasteiger partial charge in [0.2, 0.25) is 0 Å². The van der Waals surface area contributed by atoms with Gasteiger partial charge >= 0.3 is 5.56 Å². The monoisotopic (exact) mass is 287 g/mol. The summed E-state index contributed by atoms with van der Waals surface area (Å²) in [4.78, 5) is 16.5. The lowest BCUT2D eigenvalue weighted by molar-refractivity contribution is 0.362. The number of nitrogen functional groups attached to an aromatic ring is 1. The van der Waals surface area contributed by atoms with Gasteiger partial charge in [0, 0.05) is 29.7 Å². The highest BCUT2D eigenvalue weighted by molar-refractivity contribution is 5.54. The fraction of sp³-hybridized carbons (Fsp3) is 0.375. The molecular formula is C16H21N3O2. The lowest BCUT2D eigenvalue weighted by atomic mass is 10.1. The van der Waals surface area contributed by atoms with Gasteiger partial charge in [-0.1, -0.05) is 6.07 Å². The van der Waals surface area contributed by atoms with Crippen LogP contribution in [0.5, 0.6) is 11.6 Å². The van der Waals surface area contributed by atoms with Crippen LogP contribution in [0.1, 0.15) is 31.9 Å². The number of ether oxygens (including phenoxy) is 1. The minimum absolute atomic E-state index is 0.0544. The molecule has 0 aliphatic heterocycles. The van der Waals surface area contributed by atoms with Crippen molar-refractivity contribution in [3.8, 4) is 11.6 Å². The third kappa shape index (κ3) is 3.07. The molecule has 0 bridgehead atoms. The van der Waals surface area contributed by atoms with Gasteiger partial charge < -0.3 is 15.0 Å². The molecule has 1 heterocycles. The number of nitrogens with zero attached hydrogens (tertiary/aromatic N) is 2. The molecule has 112 valence electrons. The predicted octanol–water partition coefficient (Wildman–Crippen LogP) is 2.99. The van der Waals surface area contributed by atoms with Crippen LogP contribution in [0.25, 0.3) is 0 Å². The van der Waals surface area contributed by atoms with E-state index < -0.39 is 0 Å². The van der Waals surface area contributed by atoms with Gasteiger partial charge in [-0.05, 0) is 45.7 Å². The fourth-order valence-electron chi connectivity index (χ4n) is 2.05. The van der Waals surface area contributed by atoms with E-state index in [0.29, 0.717) is 11.4 Å². The zero-order chi connectivity index (χ0) is 15.8. The van der Waals surface area contributed by atoms with Gasteiger partial charge in [-0.15, -0.1) is 0 Å². The minimum atomic E-state index is -0.334. The molecule has 1 aromatic heterocycles. The van der Waals surface area contributed by atoms with Crippen molar-refractivity contribution in [2.24, 2.45) is 0 Å². The fourth-order valence-corrected chi connectivity index (χ4v) is 2.05. The number of hydrogen-bond donors (Lipinski definition) is 1. The van der Waals surface area contributed by atoms with E-state index in [1.807, 2.05) is 40.7 Å². The topological polar surface area (TPSA) is 70.1 Å². The predicted molar refractivity (Wildman–Crippen MR) is 83.9 cm³/mol. The van der Waals surface area contributed by atoms with Crippen LogP contribution in [0.2, 0.25) is 0 Å². The largest absolute Gasteiger partial charge is 0.434 e. The average molecular weight is 287 g/mol. The maximum absolute atomic E-state index is 12.4. The van der Waals surface area contributed by atoms with Crippen LogP contribution in [0, 0.1) is 13.8 Å². The van der Waals surface area contributed by atoms with Crippen molar-refractivity contribution in [3.63, 3.8) is 0 Å². The molecule has 5 heteroatoms. The molecule has 1 aromatic carbocycles. The van der Waals surface area contributed by atoms with E-state index >= 15 is 0 Å². The highest BCUT2D eigenvalue weighted by Crippen LogP contribution is 2.27. The summed E-state index contributed by atoms with van der Waals surface area (Å²) < 4.78 is 7.29. The zero-order valence-corrected chi connectivity index (χ0v) is 13.1. The van der Waals surface area contributed by atoms with Crippen molar-refractivity contribution in [2.75, 3.05) is 5.73 Å². The number of hydrogen-bond acceptors (Lipinski definition) is 4. The van der Waals surface area contributed by atoms with Crippen LogP contribution in [0.3, 0.4) is 0 Å². The molecule has 0 atom stereocenters. The zero-order valence-electron chi connectivity index (χ0n) is 13.1. The summed E-state index contributed by atoms with van der Waals surface area (Å²) in [6.07, 6.45) is 3.22. The Kier molecular flexibility index (Phi) is 3.77. The highest BCUT2D eigenvalue weighted by atomic mass is 16.5. The summed E-state index contributed by atoms with van der Waals surface area (Å²) in [6.45, 7) is 9.69. The Morgan fingerprint density at radius 3 is 2.48 bits per heavy atom.